The lowest BCUT2D eigenvalue weighted by atomic mass is 9.37. The van der Waals surface area contributed by atoms with Crippen LogP contribution in [0.15, 0.2) is 91.8 Å². The molecule has 0 unspecified atom stereocenters. The zero-order valence-corrected chi connectivity index (χ0v) is 19.3. The molecule has 0 aliphatic carbocycles. The number of benzene rings is 2. The monoisotopic (exact) mass is 456 g/mol. The second-order valence-electron chi connectivity index (χ2n) is 8.70. The molecule has 2 aliphatic heterocycles. The fourth-order valence-electron chi connectivity index (χ4n) is 5.26. The van der Waals surface area contributed by atoms with Crippen molar-refractivity contribution in [2.24, 2.45) is 14.1 Å². The van der Waals surface area contributed by atoms with Gasteiger partial charge in [0.25, 0.3) is 0 Å². The van der Waals surface area contributed by atoms with Crippen molar-refractivity contribution >= 4 is 58.0 Å². The van der Waals surface area contributed by atoms with Gasteiger partial charge in [-0.3, -0.25) is 9.80 Å². The summed E-state index contributed by atoms with van der Waals surface area (Å²) < 4.78 is 4.30. The first kappa shape index (κ1) is 19.8. The minimum Gasteiger partial charge on any atom is -0.275 e. The third-order valence-corrected chi connectivity index (χ3v) is 6.75. The molecule has 0 bridgehead atoms. The fraction of sp³-hybridized carbons (Fsp3) is 0.0769. The molecule has 3 aromatic heterocycles. The third-order valence-electron chi connectivity index (χ3n) is 6.75. The Morgan fingerprint density at radius 1 is 0.600 bits per heavy atom. The zero-order valence-electron chi connectivity index (χ0n) is 19.3. The predicted molar refractivity (Wildman–Crippen MR) is 134 cm³/mol. The van der Waals surface area contributed by atoms with Crippen LogP contribution in [0.3, 0.4) is 0 Å². The van der Waals surface area contributed by atoms with E-state index in [1.165, 1.54) is 0 Å². The van der Waals surface area contributed by atoms with Crippen LogP contribution in [0.5, 0.6) is 0 Å². The van der Waals surface area contributed by atoms with Crippen molar-refractivity contribution in [3.05, 3.63) is 91.8 Å². The van der Waals surface area contributed by atoms with E-state index in [0.29, 0.717) is 0 Å². The lowest BCUT2D eigenvalue weighted by Crippen LogP contribution is -2.75. The summed E-state index contributed by atoms with van der Waals surface area (Å²) in [6.45, 7) is -0.136. The second-order valence-corrected chi connectivity index (χ2v) is 8.70. The van der Waals surface area contributed by atoms with Crippen molar-refractivity contribution in [3.8, 4) is 0 Å². The number of hydrogen-bond donors (Lipinski definition) is 0. The van der Waals surface area contributed by atoms with Crippen molar-refractivity contribution in [2.75, 3.05) is 9.80 Å². The van der Waals surface area contributed by atoms with Gasteiger partial charge in [0.2, 0.25) is 0 Å². The van der Waals surface area contributed by atoms with Crippen LogP contribution in [-0.4, -0.2) is 26.6 Å². The van der Waals surface area contributed by atoms with Crippen LogP contribution in [-0.2, 0) is 14.1 Å². The Morgan fingerprint density at radius 2 is 1.06 bits per heavy atom. The van der Waals surface area contributed by atoms with Crippen LogP contribution in [0.4, 0.5) is 34.6 Å². The Hall–Kier alpha value is -4.66. The summed E-state index contributed by atoms with van der Waals surface area (Å²) in [6, 6.07) is 20.5. The highest BCUT2D eigenvalue weighted by atomic mass is 15.3. The maximum atomic E-state index is 4.87. The molecule has 9 heteroatoms. The summed E-state index contributed by atoms with van der Waals surface area (Å²) in [4.78, 5) is 23.7. The van der Waals surface area contributed by atoms with Gasteiger partial charge in [0, 0.05) is 16.8 Å². The average Bonchev–Trinajstić information content (AvgIpc) is 2.90. The van der Waals surface area contributed by atoms with Crippen molar-refractivity contribution in [1.29, 1.82) is 0 Å². The number of fused-ring (bicyclic) bond motifs is 4. The van der Waals surface area contributed by atoms with Crippen molar-refractivity contribution in [3.63, 3.8) is 0 Å². The van der Waals surface area contributed by atoms with Gasteiger partial charge in [0.1, 0.15) is 32.1 Å². The SMILES string of the molecule is C[n+]1ccnc2c1B1c3c(ncnc3N(c3ccccc3)c3ncc[n+](C)c31)N2c1ccccc1. The van der Waals surface area contributed by atoms with Gasteiger partial charge in [-0.15, -0.1) is 0 Å². The van der Waals surface area contributed by atoms with Crippen molar-refractivity contribution in [2.45, 2.75) is 0 Å². The van der Waals surface area contributed by atoms with Gasteiger partial charge in [0.15, 0.2) is 35.2 Å². The molecule has 0 fully saturated rings. The van der Waals surface area contributed by atoms with Gasteiger partial charge in [-0.1, -0.05) is 36.4 Å². The summed E-state index contributed by atoms with van der Waals surface area (Å²) >= 11 is 0. The van der Waals surface area contributed by atoms with E-state index in [4.69, 9.17) is 19.9 Å². The smallest absolute Gasteiger partial charge is 0.275 e. The first-order valence-electron chi connectivity index (χ1n) is 11.5. The van der Waals surface area contributed by atoms with E-state index in [1.807, 2.05) is 61.2 Å². The van der Waals surface area contributed by atoms with E-state index in [9.17, 15) is 0 Å². The minimum atomic E-state index is -0.136. The summed E-state index contributed by atoms with van der Waals surface area (Å²) in [6.07, 6.45) is 9.31. The normalized spacial score (nSPS) is 13.3. The average molecular weight is 456 g/mol. The molecule has 0 saturated carbocycles. The Bertz CT molecular complexity index is 1480. The molecular formula is C26H21BN8+2. The molecule has 0 amide bonds. The van der Waals surface area contributed by atoms with Crippen LogP contribution >= 0.6 is 0 Å². The van der Waals surface area contributed by atoms with Crippen LogP contribution < -0.4 is 35.6 Å². The van der Waals surface area contributed by atoms with Crippen molar-refractivity contribution < 1.29 is 9.13 Å². The summed E-state index contributed by atoms with van der Waals surface area (Å²) in [7, 11) is 4.13. The molecule has 7 rings (SSSR count). The largest absolute Gasteiger partial charge is 0.423 e. The van der Waals surface area contributed by atoms with E-state index >= 15 is 0 Å². The Balaban J connectivity index is 1.62. The number of rotatable bonds is 2. The number of aromatic nitrogens is 6. The Labute approximate surface area is 202 Å². The highest BCUT2D eigenvalue weighted by Gasteiger charge is 2.55. The Morgan fingerprint density at radius 3 is 1.51 bits per heavy atom. The van der Waals surface area contributed by atoms with E-state index in [-0.39, 0.29) is 6.71 Å². The summed E-state index contributed by atoms with van der Waals surface area (Å²) in [5.74, 6) is 3.36. The molecule has 35 heavy (non-hydrogen) atoms. The van der Waals surface area contributed by atoms with E-state index in [0.717, 1.165) is 51.3 Å². The van der Waals surface area contributed by atoms with Gasteiger partial charge in [-0.25, -0.2) is 29.1 Å². The molecule has 0 atom stereocenters. The van der Waals surface area contributed by atoms with Gasteiger partial charge in [0.05, 0.1) is 12.4 Å². The maximum Gasteiger partial charge on any atom is 0.423 e. The predicted octanol–water partition coefficient (Wildman–Crippen LogP) is 0.998. The van der Waals surface area contributed by atoms with Crippen LogP contribution in [0, 0.1) is 0 Å². The standard InChI is InChI=1S/C26H21BN8/c1-32-15-13-28-25-21(32)27-20-23(34(25)18-9-5-3-6-10-18)30-17-31-24(20)35(19-11-7-4-8-12-19)26-22(27)33(2)16-14-29-26/h3-17H,1-2H3/q+2. The molecule has 5 heterocycles. The van der Waals surface area contributed by atoms with E-state index in [2.05, 4.69) is 57.3 Å². The minimum absolute atomic E-state index is 0.136. The first-order chi connectivity index (χ1) is 17.2. The lowest BCUT2D eigenvalue weighted by molar-refractivity contribution is -0.658. The number of anilines is 6. The zero-order chi connectivity index (χ0) is 23.5. The third kappa shape index (κ3) is 2.75. The first-order valence-corrected chi connectivity index (χ1v) is 11.5. The van der Waals surface area contributed by atoms with Gasteiger partial charge in [-0.2, -0.15) is 0 Å². The molecule has 8 nitrogen and oxygen atoms in total. The molecule has 0 saturated heterocycles. The number of para-hydroxylation sites is 2. The fourth-order valence-corrected chi connectivity index (χ4v) is 5.26. The topological polar surface area (TPSA) is 65.8 Å². The number of aryl methyl sites for hydroxylation is 2. The van der Waals surface area contributed by atoms with Gasteiger partial charge in [-0.05, 0) is 24.3 Å². The Kier molecular flexibility index (Phi) is 4.20. The quantitative estimate of drug-likeness (QED) is 0.286. The van der Waals surface area contributed by atoms with Crippen LogP contribution in [0.25, 0.3) is 0 Å². The van der Waals surface area contributed by atoms with Crippen molar-refractivity contribution in [1.82, 2.24) is 19.9 Å². The molecule has 2 aromatic carbocycles. The highest BCUT2D eigenvalue weighted by Crippen LogP contribution is 2.39. The maximum absolute atomic E-state index is 4.87. The molecule has 0 radical (unpaired) electrons. The lowest BCUT2D eigenvalue weighted by Gasteiger charge is -2.37. The van der Waals surface area contributed by atoms with E-state index < -0.39 is 0 Å². The van der Waals surface area contributed by atoms with Gasteiger partial charge < -0.3 is 0 Å². The number of hydrogen-bond acceptors (Lipinski definition) is 6. The summed E-state index contributed by atoms with van der Waals surface area (Å²) in [5.41, 5.74) is 5.17. The molecule has 0 spiro atoms. The molecule has 5 aromatic rings. The van der Waals surface area contributed by atoms with Crippen LogP contribution in [0.2, 0.25) is 0 Å². The van der Waals surface area contributed by atoms with Crippen LogP contribution in [0.1, 0.15) is 0 Å². The second kappa shape index (κ2) is 7.43. The summed E-state index contributed by atoms with van der Waals surface area (Å²) in [5, 5.41) is 0. The van der Waals surface area contributed by atoms with E-state index in [1.54, 1.807) is 6.33 Å². The molecule has 166 valence electrons. The molecule has 2 aliphatic rings. The molecular weight excluding hydrogens is 435 g/mol. The highest BCUT2D eigenvalue weighted by molar-refractivity contribution is 6.98. The van der Waals surface area contributed by atoms with Gasteiger partial charge >= 0.3 is 6.71 Å². The number of nitrogens with zero attached hydrogens (tertiary/aromatic N) is 8. The molecule has 0 N–H and O–H groups in total.